The molecule has 0 spiro atoms. The standard InChI is InChI=1S/C22H27N7.C21H22BrN7.C21H24N6O.C19H21N7S/c1-3-28-20(9-11-23-28)26-21-13-19(16-7-5-4-6-8-16)25-22-18(14-24-29(21)22)17-10-12-27(2)15-17;1-28-8-7-15(13-28)17-12-25-29-19(27-21-23-10-16(22)11-24-21)9-18(26-20(17)29)14-5-3-2-4-6-14;1-14-10-19(25-28-14)24-20-11-18(15-6-4-3-5-7-15)23-21-17(12-22-27(20)21)16-8-9-26(2)13-16;1-25-8-7-14(11-25)15-10-21-26-17(23-19-24-20-12-27-19)9-16(22-18(15)26)13-5-3-2-4-6-13/h9-16,26H,3-8H2,1-2H3;7-14H,2-6H2,1H3,(H,23,24,27);8-13,15H,3-7H2,1-2H3,(H,24,25);7-13H,2-6H2,1H3,(H,23,24). The Bertz CT molecular complexity index is 5880. The molecule has 113 heavy (non-hydrogen) atoms. The van der Waals surface area contributed by atoms with Crippen LogP contribution in [0.25, 0.3) is 67.1 Å². The second-order valence-corrected chi connectivity index (χ2v) is 32.1. The summed E-state index contributed by atoms with van der Waals surface area (Å²) in [7, 11) is 8.11. The second kappa shape index (κ2) is 33.3. The molecule has 0 atom stereocenters. The maximum absolute atomic E-state index is 5.21. The van der Waals surface area contributed by atoms with Gasteiger partial charge in [-0.25, -0.2) is 34.6 Å². The number of hydrogen-bond acceptors (Lipinski definition) is 20. The fourth-order valence-corrected chi connectivity index (χ4v) is 17.0. The fourth-order valence-electron chi connectivity index (χ4n) is 16.4. The van der Waals surface area contributed by atoms with Crippen LogP contribution in [0.15, 0.2) is 168 Å². The molecule has 4 saturated carbocycles. The molecule has 16 aromatic rings. The zero-order valence-electron chi connectivity index (χ0n) is 64.7. The Morgan fingerprint density at radius 3 is 1.14 bits per heavy atom. The Balaban J connectivity index is 0.000000109. The van der Waals surface area contributed by atoms with E-state index < -0.39 is 0 Å². The van der Waals surface area contributed by atoms with Crippen LogP contribution in [0, 0.1) is 6.92 Å². The lowest BCUT2D eigenvalue weighted by Crippen LogP contribution is -2.11. The molecule has 0 bridgehead atoms. The van der Waals surface area contributed by atoms with Crippen molar-refractivity contribution < 1.29 is 4.52 Å². The van der Waals surface area contributed by atoms with Crippen molar-refractivity contribution in [3.8, 4) is 44.5 Å². The molecule has 580 valence electrons. The maximum atomic E-state index is 5.21. The molecule has 28 nitrogen and oxygen atoms in total. The van der Waals surface area contributed by atoms with Gasteiger partial charge in [-0.05, 0) is 105 Å². The molecule has 0 aliphatic heterocycles. The van der Waals surface area contributed by atoms with Crippen molar-refractivity contribution in [2.75, 3.05) is 21.3 Å². The van der Waals surface area contributed by atoms with Crippen molar-refractivity contribution in [2.24, 2.45) is 28.2 Å². The third kappa shape index (κ3) is 16.5. The molecular formula is C83H94BrN27OS. The summed E-state index contributed by atoms with van der Waals surface area (Å²) in [5.74, 6) is 8.48. The molecule has 0 aromatic carbocycles. The van der Waals surface area contributed by atoms with Crippen molar-refractivity contribution in [1.82, 2.24) is 112 Å². The summed E-state index contributed by atoms with van der Waals surface area (Å²) in [6.07, 6.45) is 54.6. The summed E-state index contributed by atoms with van der Waals surface area (Å²) in [6, 6.07) is 20.8. The fraction of sp³-hybridized carbons (Fsp3) is 0.373. The topological polar surface area (TPSA) is 284 Å². The van der Waals surface area contributed by atoms with E-state index in [-0.39, 0.29) is 0 Å². The maximum Gasteiger partial charge on any atom is 0.228 e. The van der Waals surface area contributed by atoms with Crippen molar-refractivity contribution in [3.63, 3.8) is 0 Å². The molecule has 0 unspecified atom stereocenters. The minimum absolute atomic E-state index is 0.485. The van der Waals surface area contributed by atoms with Crippen LogP contribution in [-0.2, 0) is 34.7 Å². The average molecular weight is 1600 g/mol. The Morgan fingerprint density at radius 1 is 0.434 bits per heavy atom. The largest absolute Gasteiger partial charge is 0.360 e. The van der Waals surface area contributed by atoms with E-state index in [2.05, 4.69) is 179 Å². The number of aromatic nitrogens is 23. The summed E-state index contributed by atoms with van der Waals surface area (Å²) in [4.78, 5) is 29.0. The van der Waals surface area contributed by atoms with Gasteiger partial charge in [0.1, 0.15) is 40.4 Å². The van der Waals surface area contributed by atoms with E-state index in [1.807, 2.05) is 133 Å². The number of rotatable bonds is 17. The van der Waals surface area contributed by atoms with Crippen LogP contribution >= 0.6 is 27.3 Å². The van der Waals surface area contributed by atoms with Crippen LogP contribution < -0.4 is 21.3 Å². The van der Waals surface area contributed by atoms with E-state index in [4.69, 9.17) is 24.5 Å². The number of nitrogens with zero attached hydrogens (tertiary/aromatic N) is 23. The molecule has 4 fully saturated rings. The van der Waals surface area contributed by atoms with Gasteiger partial charge in [0.15, 0.2) is 28.4 Å². The van der Waals surface area contributed by atoms with Crippen molar-refractivity contribution in [1.29, 1.82) is 0 Å². The molecule has 16 heterocycles. The summed E-state index contributed by atoms with van der Waals surface area (Å²) < 4.78 is 23.7. The van der Waals surface area contributed by atoms with Crippen LogP contribution in [0.4, 0.5) is 46.0 Å². The number of fused-ring (bicyclic) bond motifs is 4. The van der Waals surface area contributed by atoms with Gasteiger partial charge in [-0.3, -0.25) is 0 Å². The monoisotopic (exact) mass is 1600 g/mol. The molecule has 4 N–H and O–H groups in total. The van der Waals surface area contributed by atoms with Crippen LogP contribution in [0.3, 0.4) is 0 Å². The first-order valence-electron chi connectivity index (χ1n) is 39.7. The Labute approximate surface area is 666 Å². The van der Waals surface area contributed by atoms with Gasteiger partial charge in [-0.15, -0.1) is 10.2 Å². The van der Waals surface area contributed by atoms with Crippen molar-refractivity contribution in [2.45, 2.75) is 172 Å². The second-order valence-electron chi connectivity index (χ2n) is 30.4. The van der Waals surface area contributed by atoms with Gasteiger partial charge in [0.05, 0.1) is 35.5 Å². The summed E-state index contributed by atoms with van der Waals surface area (Å²) >= 11 is 4.86. The predicted octanol–water partition coefficient (Wildman–Crippen LogP) is 19.0. The van der Waals surface area contributed by atoms with Gasteiger partial charge in [0, 0.05) is 224 Å². The van der Waals surface area contributed by atoms with E-state index >= 15 is 0 Å². The smallest absolute Gasteiger partial charge is 0.228 e. The lowest BCUT2D eigenvalue weighted by atomic mass is 9.87. The van der Waals surface area contributed by atoms with Crippen LogP contribution in [0.2, 0.25) is 0 Å². The van der Waals surface area contributed by atoms with E-state index in [9.17, 15) is 0 Å². The van der Waals surface area contributed by atoms with E-state index in [1.165, 1.54) is 145 Å². The number of aryl methyl sites for hydroxylation is 6. The highest BCUT2D eigenvalue weighted by Gasteiger charge is 2.27. The number of halogens is 1. The average Bonchev–Trinajstić information content (AvgIpc) is 1.55. The normalized spacial score (nSPS) is 15.3. The summed E-state index contributed by atoms with van der Waals surface area (Å²) in [5, 5.41) is 49.4. The first-order valence-corrected chi connectivity index (χ1v) is 41.3. The van der Waals surface area contributed by atoms with Crippen LogP contribution in [-0.4, -0.2) is 112 Å². The molecule has 4 aliphatic carbocycles. The molecule has 4 aliphatic rings. The SMILES string of the molecule is CCn1nccc1Nc1cc(C2CCCCC2)nc2c(-c3ccn(C)c3)cnn12.Cc1cc(Nc2cc(C3CCCCC3)nc3c(-c4ccn(C)c4)cnn23)no1.Cn1ccc(-c2cnn3c(Nc4ncc(Br)cn4)cc(C4CCCCC4)nc23)c1.Cn1ccc(-c2cnn3c(Nc4nncs4)cc(C4CCCCC4)nc23)c1. The highest BCUT2D eigenvalue weighted by Crippen LogP contribution is 2.41. The Morgan fingerprint density at radius 2 is 0.805 bits per heavy atom. The third-order valence-corrected chi connectivity index (χ3v) is 23.3. The molecule has 16 aromatic heterocycles. The highest BCUT2D eigenvalue weighted by molar-refractivity contribution is 9.10. The van der Waals surface area contributed by atoms with Gasteiger partial charge in [0.25, 0.3) is 0 Å². The molecule has 30 heteroatoms. The minimum atomic E-state index is 0.485. The quantitative estimate of drug-likeness (QED) is 0.0659. The first kappa shape index (κ1) is 74.1. The minimum Gasteiger partial charge on any atom is -0.360 e. The van der Waals surface area contributed by atoms with Crippen LogP contribution in [0.5, 0.6) is 0 Å². The van der Waals surface area contributed by atoms with Crippen molar-refractivity contribution >= 4 is 95.8 Å². The molecule has 0 radical (unpaired) electrons. The van der Waals surface area contributed by atoms with Crippen molar-refractivity contribution in [3.05, 3.63) is 192 Å². The summed E-state index contributed by atoms with van der Waals surface area (Å²) in [6.45, 7) is 4.79. The third-order valence-electron chi connectivity index (χ3n) is 22.2. The molecular weight excluding hydrogens is 1500 g/mol. The summed E-state index contributed by atoms with van der Waals surface area (Å²) in [5.41, 5.74) is 18.5. The van der Waals surface area contributed by atoms with E-state index in [0.29, 0.717) is 35.4 Å². The Hall–Kier alpha value is -11.7. The lowest BCUT2D eigenvalue weighted by molar-refractivity contribution is 0.400. The van der Waals surface area contributed by atoms with Gasteiger partial charge in [0.2, 0.25) is 11.1 Å². The van der Waals surface area contributed by atoms with Gasteiger partial charge in [-0.1, -0.05) is 93.5 Å². The van der Waals surface area contributed by atoms with E-state index in [0.717, 1.165) is 135 Å². The molecule has 20 rings (SSSR count). The lowest BCUT2D eigenvalue weighted by Gasteiger charge is -2.22. The molecule has 0 amide bonds. The molecule has 0 saturated heterocycles. The zero-order valence-corrected chi connectivity index (χ0v) is 67.1. The number of hydrogen-bond donors (Lipinski definition) is 4. The van der Waals surface area contributed by atoms with Gasteiger partial charge < -0.3 is 44.1 Å². The number of anilines is 8. The highest BCUT2D eigenvalue weighted by atomic mass is 79.9. The van der Waals surface area contributed by atoms with Gasteiger partial charge >= 0.3 is 0 Å². The van der Waals surface area contributed by atoms with Gasteiger partial charge in [-0.2, -0.15) is 43.6 Å². The van der Waals surface area contributed by atoms with Crippen LogP contribution in [0.1, 0.15) is 188 Å². The number of nitrogens with one attached hydrogen (secondary N) is 4. The first-order chi connectivity index (χ1) is 55.3. The Kier molecular flexibility index (Phi) is 21.9. The van der Waals surface area contributed by atoms with E-state index in [1.54, 1.807) is 17.9 Å². The predicted molar refractivity (Wildman–Crippen MR) is 445 cm³/mol. The zero-order chi connectivity index (χ0) is 76.9.